The molecule has 0 saturated carbocycles. The summed E-state index contributed by atoms with van der Waals surface area (Å²) in [6.07, 6.45) is 3.13. The molecule has 7 nitrogen and oxygen atoms in total. The second-order valence-corrected chi connectivity index (χ2v) is 5.80. The van der Waals surface area contributed by atoms with E-state index in [2.05, 4.69) is 20.5 Å². The van der Waals surface area contributed by atoms with Gasteiger partial charge in [0.25, 0.3) is 0 Å². The summed E-state index contributed by atoms with van der Waals surface area (Å²) in [4.78, 5) is 8.73. The first-order valence-corrected chi connectivity index (χ1v) is 8.03. The number of benzene rings is 2. The first kappa shape index (κ1) is 15.9. The van der Waals surface area contributed by atoms with Gasteiger partial charge in [-0.15, -0.1) is 0 Å². The van der Waals surface area contributed by atoms with Gasteiger partial charge in [-0.2, -0.15) is 5.10 Å². The predicted molar refractivity (Wildman–Crippen MR) is 102 cm³/mol. The fourth-order valence-electron chi connectivity index (χ4n) is 3.02. The van der Waals surface area contributed by atoms with Crippen molar-refractivity contribution in [1.82, 2.24) is 14.5 Å². The fraction of sp³-hybridized carbons (Fsp3) is 0.105. The second kappa shape index (κ2) is 6.36. The van der Waals surface area contributed by atoms with E-state index in [9.17, 15) is 5.11 Å². The van der Waals surface area contributed by atoms with Crippen molar-refractivity contribution in [2.75, 3.05) is 12.5 Å². The molecule has 0 aliphatic rings. The number of phenolic OH excluding ortho intramolecular Hbond substituents is 1. The topological polar surface area (TPSA) is 84.6 Å². The molecule has 0 amide bonds. The molecule has 0 unspecified atom stereocenters. The number of aryl methyl sites for hydroxylation is 1. The van der Waals surface area contributed by atoms with Crippen molar-refractivity contribution in [3.05, 3.63) is 54.4 Å². The number of phenols is 1. The Labute approximate surface area is 149 Å². The minimum absolute atomic E-state index is 0.0644. The molecule has 4 rings (SSSR count). The molecule has 130 valence electrons. The van der Waals surface area contributed by atoms with Crippen LogP contribution in [0.25, 0.3) is 21.9 Å². The third-order valence-corrected chi connectivity index (χ3v) is 4.27. The SMILES string of the molecule is COc1ccc(C=NNc2ncnc3c4ccccc4n(C)c23)cc1O. The van der Waals surface area contributed by atoms with Gasteiger partial charge in [0, 0.05) is 12.4 Å². The van der Waals surface area contributed by atoms with Crippen molar-refractivity contribution in [3.63, 3.8) is 0 Å². The second-order valence-electron chi connectivity index (χ2n) is 5.80. The number of hydrazone groups is 1. The number of para-hydroxylation sites is 1. The number of aromatic nitrogens is 3. The quantitative estimate of drug-likeness (QED) is 0.437. The van der Waals surface area contributed by atoms with Gasteiger partial charge in [0.1, 0.15) is 17.4 Å². The number of ether oxygens (including phenoxy) is 1. The molecule has 7 heteroatoms. The molecule has 0 bridgehead atoms. The summed E-state index contributed by atoms with van der Waals surface area (Å²) in [7, 11) is 3.49. The van der Waals surface area contributed by atoms with Gasteiger partial charge in [0.2, 0.25) is 0 Å². The Kier molecular flexibility index (Phi) is 3.89. The maximum absolute atomic E-state index is 9.84. The Morgan fingerprint density at radius 2 is 2.04 bits per heavy atom. The number of hydrogen-bond donors (Lipinski definition) is 2. The summed E-state index contributed by atoms with van der Waals surface area (Å²) in [5.41, 5.74) is 6.54. The number of nitrogens with zero attached hydrogens (tertiary/aromatic N) is 4. The number of hydrogen-bond acceptors (Lipinski definition) is 6. The molecule has 0 spiro atoms. The van der Waals surface area contributed by atoms with Crippen LogP contribution in [0.1, 0.15) is 5.56 Å². The third kappa shape index (κ3) is 2.59. The van der Waals surface area contributed by atoms with Crippen molar-refractivity contribution in [2.45, 2.75) is 0 Å². The zero-order valence-electron chi connectivity index (χ0n) is 14.3. The number of nitrogens with one attached hydrogen (secondary N) is 1. The average molecular weight is 347 g/mol. The van der Waals surface area contributed by atoms with Crippen LogP contribution in [0.15, 0.2) is 53.9 Å². The van der Waals surface area contributed by atoms with Gasteiger partial charge < -0.3 is 14.4 Å². The summed E-state index contributed by atoms with van der Waals surface area (Å²) < 4.78 is 7.08. The van der Waals surface area contributed by atoms with Crippen molar-refractivity contribution in [3.8, 4) is 11.5 Å². The lowest BCUT2D eigenvalue weighted by molar-refractivity contribution is 0.373. The molecule has 0 atom stereocenters. The fourth-order valence-corrected chi connectivity index (χ4v) is 3.02. The summed E-state index contributed by atoms with van der Waals surface area (Å²) in [5, 5.41) is 15.1. The highest BCUT2D eigenvalue weighted by atomic mass is 16.5. The van der Waals surface area contributed by atoms with Crippen LogP contribution in [0.3, 0.4) is 0 Å². The van der Waals surface area contributed by atoms with E-state index in [1.165, 1.54) is 13.4 Å². The van der Waals surface area contributed by atoms with Crippen LogP contribution >= 0.6 is 0 Å². The van der Waals surface area contributed by atoms with Gasteiger partial charge in [-0.1, -0.05) is 18.2 Å². The zero-order valence-corrected chi connectivity index (χ0v) is 14.3. The molecular formula is C19H17N5O2. The summed E-state index contributed by atoms with van der Waals surface area (Å²) in [6, 6.07) is 13.1. The highest BCUT2D eigenvalue weighted by Crippen LogP contribution is 2.30. The lowest BCUT2D eigenvalue weighted by Crippen LogP contribution is -1.98. The molecule has 2 aromatic heterocycles. The van der Waals surface area contributed by atoms with E-state index in [0.717, 1.165) is 27.5 Å². The smallest absolute Gasteiger partial charge is 0.174 e. The standard InChI is InChI=1S/C19H17N5O2/c1-24-14-6-4-3-5-13(14)17-18(24)19(21-11-20-17)23-22-10-12-7-8-16(26-2)15(25)9-12/h3-11,25H,1-2H3,(H,20,21,23). The molecular weight excluding hydrogens is 330 g/mol. The highest BCUT2D eigenvalue weighted by molar-refractivity contribution is 6.08. The molecule has 0 fully saturated rings. The van der Waals surface area contributed by atoms with E-state index in [1.807, 2.05) is 35.9 Å². The van der Waals surface area contributed by atoms with E-state index >= 15 is 0 Å². The average Bonchev–Trinajstić information content (AvgIpc) is 2.96. The molecule has 0 aliphatic heterocycles. The van der Waals surface area contributed by atoms with E-state index in [0.29, 0.717) is 11.6 Å². The van der Waals surface area contributed by atoms with Gasteiger partial charge in [0.15, 0.2) is 17.3 Å². The Morgan fingerprint density at radius 1 is 1.19 bits per heavy atom. The Bertz CT molecular complexity index is 1130. The van der Waals surface area contributed by atoms with Crippen LogP contribution in [0.2, 0.25) is 0 Å². The summed E-state index contributed by atoms with van der Waals surface area (Å²) in [6.45, 7) is 0. The van der Waals surface area contributed by atoms with Crippen molar-refractivity contribution < 1.29 is 9.84 Å². The van der Waals surface area contributed by atoms with E-state index in [-0.39, 0.29) is 5.75 Å². The van der Waals surface area contributed by atoms with E-state index in [4.69, 9.17) is 4.74 Å². The number of aromatic hydroxyl groups is 1. The number of anilines is 1. The molecule has 2 N–H and O–H groups in total. The molecule has 0 aliphatic carbocycles. The van der Waals surface area contributed by atoms with Crippen LogP contribution in [0.4, 0.5) is 5.82 Å². The van der Waals surface area contributed by atoms with Gasteiger partial charge in [-0.05, 0) is 29.8 Å². The van der Waals surface area contributed by atoms with Crippen LogP contribution < -0.4 is 10.2 Å². The molecule has 0 saturated heterocycles. The van der Waals surface area contributed by atoms with E-state index in [1.54, 1.807) is 24.4 Å². The van der Waals surface area contributed by atoms with Gasteiger partial charge in [-0.3, -0.25) is 5.43 Å². The van der Waals surface area contributed by atoms with Gasteiger partial charge in [0.05, 0.1) is 18.8 Å². The Balaban J connectivity index is 1.68. The number of methoxy groups -OCH3 is 1. The summed E-state index contributed by atoms with van der Waals surface area (Å²) in [5.74, 6) is 1.10. The maximum atomic E-state index is 9.84. The predicted octanol–water partition coefficient (Wildman–Crippen LogP) is 3.28. The minimum Gasteiger partial charge on any atom is -0.504 e. The number of fused-ring (bicyclic) bond motifs is 3. The first-order chi connectivity index (χ1) is 12.7. The van der Waals surface area contributed by atoms with E-state index < -0.39 is 0 Å². The lowest BCUT2D eigenvalue weighted by Gasteiger charge is -2.05. The minimum atomic E-state index is 0.0644. The molecule has 2 heterocycles. The van der Waals surface area contributed by atoms with Crippen LogP contribution in [0, 0.1) is 0 Å². The van der Waals surface area contributed by atoms with Crippen LogP contribution in [-0.2, 0) is 7.05 Å². The normalized spacial score (nSPS) is 11.5. The number of rotatable bonds is 4. The largest absolute Gasteiger partial charge is 0.504 e. The van der Waals surface area contributed by atoms with Crippen LogP contribution in [-0.4, -0.2) is 33.0 Å². The van der Waals surface area contributed by atoms with Crippen molar-refractivity contribution >= 4 is 34.0 Å². The first-order valence-electron chi connectivity index (χ1n) is 8.03. The zero-order chi connectivity index (χ0) is 18.1. The Morgan fingerprint density at radius 3 is 2.85 bits per heavy atom. The maximum Gasteiger partial charge on any atom is 0.174 e. The van der Waals surface area contributed by atoms with Crippen molar-refractivity contribution in [2.24, 2.45) is 12.1 Å². The van der Waals surface area contributed by atoms with Crippen molar-refractivity contribution in [1.29, 1.82) is 0 Å². The molecule has 26 heavy (non-hydrogen) atoms. The Hall–Kier alpha value is -3.61. The lowest BCUT2D eigenvalue weighted by atomic mass is 10.2. The summed E-state index contributed by atoms with van der Waals surface area (Å²) >= 11 is 0. The van der Waals surface area contributed by atoms with Gasteiger partial charge in [-0.25, -0.2) is 9.97 Å². The monoisotopic (exact) mass is 347 g/mol. The molecule has 4 aromatic rings. The van der Waals surface area contributed by atoms with Crippen LogP contribution in [0.5, 0.6) is 11.5 Å². The third-order valence-electron chi connectivity index (χ3n) is 4.27. The molecule has 2 aromatic carbocycles. The molecule has 0 radical (unpaired) electrons. The van der Waals surface area contributed by atoms with Gasteiger partial charge >= 0.3 is 0 Å². The highest BCUT2D eigenvalue weighted by Gasteiger charge is 2.13.